The second-order valence-corrected chi connectivity index (χ2v) is 4.67. The Labute approximate surface area is 113 Å². The van der Waals surface area contributed by atoms with Crippen molar-refractivity contribution in [2.75, 3.05) is 25.1 Å². The van der Waals surface area contributed by atoms with E-state index in [4.69, 9.17) is 10.6 Å². The van der Waals surface area contributed by atoms with E-state index in [0.717, 1.165) is 38.2 Å². The lowest BCUT2D eigenvalue weighted by molar-refractivity contribution is 0.0146. The summed E-state index contributed by atoms with van der Waals surface area (Å²) in [6.45, 7) is 4.28. The van der Waals surface area contributed by atoms with Crippen LogP contribution >= 0.6 is 0 Å². The number of benzene rings is 1. The Balaban J connectivity index is 1.93. The van der Waals surface area contributed by atoms with Crippen LogP contribution in [-0.2, 0) is 4.74 Å². The molecule has 0 aliphatic carbocycles. The molecule has 1 aliphatic heterocycles. The molecule has 5 nitrogen and oxygen atoms in total. The first-order chi connectivity index (χ1) is 9.24. The van der Waals surface area contributed by atoms with Crippen molar-refractivity contribution >= 4 is 11.6 Å². The van der Waals surface area contributed by atoms with Gasteiger partial charge in [0.05, 0.1) is 6.10 Å². The van der Waals surface area contributed by atoms with Crippen molar-refractivity contribution in [3.63, 3.8) is 0 Å². The number of nitrogens with two attached hydrogens (primary N) is 1. The van der Waals surface area contributed by atoms with E-state index in [9.17, 15) is 4.79 Å². The Kier molecular flexibility index (Phi) is 4.76. The Morgan fingerprint density at radius 2 is 2.00 bits per heavy atom. The number of carbonyl (C=O) groups excluding carboxylic acids is 1. The highest BCUT2D eigenvalue weighted by molar-refractivity contribution is 5.94. The van der Waals surface area contributed by atoms with Crippen LogP contribution in [0.15, 0.2) is 24.3 Å². The van der Waals surface area contributed by atoms with E-state index in [0.29, 0.717) is 11.7 Å². The molecule has 5 heteroatoms. The van der Waals surface area contributed by atoms with Crippen molar-refractivity contribution in [3.05, 3.63) is 29.8 Å². The predicted octanol–water partition coefficient (Wildman–Crippen LogP) is 1.61. The number of ether oxygens (including phenoxy) is 1. The van der Waals surface area contributed by atoms with Gasteiger partial charge in [-0.3, -0.25) is 10.6 Å². The largest absolute Gasteiger partial charge is 0.378 e. The second-order valence-electron chi connectivity index (χ2n) is 4.67. The number of nitrogen functional groups attached to an aromatic ring is 1. The van der Waals surface area contributed by atoms with Gasteiger partial charge in [-0.25, -0.2) is 0 Å². The van der Waals surface area contributed by atoms with Crippen molar-refractivity contribution in [1.29, 1.82) is 0 Å². The minimum Gasteiger partial charge on any atom is -0.378 e. The van der Waals surface area contributed by atoms with Crippen LogP contribution in [0.25, 0.3) is 0 Å². The molecule has 1 aromatic carbocycles. The minimum atomic E-state index is 0.0820. The van der Waals surface area contributed by atoms with Gasteiger partial charge in [0, 0.05) is 30.9 Å². The van der Waals surface area contributed by atoms with Crippen LogP contribution in [0.2, 0.25) is 0 Å². The van der Waals surface area contributed by atoms with Crippen LogP contribution in [0.3, 0.4) is 0 Å². The molecule has 1 amide bonds. The van der Waals surface area contributed by atoms with Crippen LogP contribution in [0.1, 0.15) is 30.1 Å². The average Bonchev–Trinajstić information content (AvgIpc) is 2.48. The maximum atomic E-state index is 12.3. The van der Waals surface area contributed by atoms with Gasteiger partial charge in [0.1, 0.15) is 0 Å². The molecule has 0 spiro atoms. The molecule has 104 valence electrons. The SMILES string of the molecule is CCOC1CCN(C(=O)c2ccc(NN)cc2)CC1. The van der Waals surface area contributed by atoms with E-state index in [1.807, 2.05) is 11.8 Å². The first kappa shape index (κ1) is 13.8. The number of carbonyl (C=O) groups is 1. The van der Waals surface area contributed by atoms with E-state index < -0.39 is 0 Å². The predicted molar refractivity (Wildman–Crippen MR) is 74.8 cm³/mol. The van der Waals surface area contributed by atoms with Gasteiger partial charge in [-0.2, -0.15) is 0 Å². The van der Waals surface area contributed by atoms with Crippen LogP contribution in [0, 0.1) is 0 Å². The lowest BCUT2D eigenvalue weighted by Gasteiger charge is -2.31. The number of piperidine rings is 1. The summed E-state index contributed by atoms with van der Waals surface area (Å²) in [7, 11) is 0. The monoisotopic (exact) mass is 263 g/mol. The smallest absolute Gasteiger partial charge is 0.253 e. The molecule has 1 heterocycles. The standard InChI is InChI=1S/C14H21N3O2/c1-2-19-13-7-9-17(10-8-13)14(18)11-3-5-12(16-15)6-4-11/h3-6,13,16H,2,7-10,15H2,1H3. The summed E-state index contributed by atoms with van der Waals surface area (Å²) in [5.74, 6) is 5.39. The molecule has 1 aliphatic rings. The van der Waals surface area contributed by atoms with Crippen LogP contribution in [-0.4, -0.2) is 36.6 Å². The van der Waals surface area contributed by atoms with Crippen LogP contribution in [0.5, 0.6) is 0 Å². The molecule has 1 saturated heterocycles. The van der Waals surface area contributed by atoms with Gasteiger partial charge in [-0.15, -0.1) is 0 Å². The van der Waals surface area contributed by atoms with E-state index in [1.54, 1.807) is 24.3 Å². The highest BCUT2D eigenvalue weighted by Gasteiger charge is 2.23. The Morgan fingerprint density at radius 3 is 2.53 bits per heavy atom. The maximum absolute atomic E-state index is 12.3. The van der Waals surface area contributed by atoms with Gasteiger partial charge >= 0.3 is 0 Å². The van der Waals surface area contributed by atoms with Gasteiger partial charge < -0.3 is 15.1 Å². The zero-order chi connectivity index (χ0) is 13.7. The summed E-state index contributed by atoms with van der Waals surface area (Å²) in [5, 5.41) is 0. The van der Waals surface area contributed by atoms with Gasteiger partial charge in [0.25, 0.3) is 5.91 Å². The number of nitrogens with zero attached hydrogens (tertiary/aromatic N) is 1. The molecule has 0 atom stereocenters. The fraction of sp³-hybridized carbons (Fsp3) is 0.500. The fourth-order valence-corrected chi connectivity index (χ4v) is 2.35. The molecule has 1 aromatic rings. The van der Waals surface area contributed by atoms with Gasteiger partial charge in [0.2, 0.25) is 0 Å². The molecule has 0 saturated carbocycles. The number of nitrogens with one attached hydrogen (secondary N) is 1. The number of amides is 1. The third-order valence-corrected chi connectivity index (χ3v) is 3.43. The van der Waals surface area contributed by atoms with E-state index in [2.05, 4.69) is 5.43 Å². The zero-order valence-electron chi connectivity index (χ0n) is 11.3. The molecule has 1 fully saturated rings. The summed E-state index contributed by atoms with van der Waals surface area (Å²) in [4.78, 5) is 14.2. The second kappa shape index (κ2) is 6.54. The topological polar surface area (TPSA) is 67.6 Å². The van der Waals surface area contributed by atoms with E-state index in [-0.39, 0.29) is 5.91 Å². The molecule has 19 heavy (non-hydrogen) atoms. The first-order valence-electron chi connectivity index (χ1n) is 6.72. The number of hydrazine groups is 1. The summed E-state index contributed by atoms with van der Waals surface area (Å²) >= 11 is 0. The summed E-state index contributed by atoms with van der Waals surface area (Å²) in [5.41, 5.74) is 4.05. The number of anilines is 1. The molecule has 2 rings (SSSR count). The van der Waals surface area contributed by atoms with Crippen LogP contribution < -0.4 is 11.3 Å². The number of hydrogen-bond donors (Lipinski definition) is 2. The highest BCUT2D eigenvalue weighted by atomic mass is 16.5. The average molecular weight is 263 g/mol. The summed E-state index contributed by atoms with van der Waals surface area (Å²) < 4.78 is 5.59. The van der Waals surface area contributed by atoms with Gasteiger partial charge in [0.15, 0.2) is 0 Å². The summed E-state index contributed by atoms with van der Waals surface area (Å²) in [6.07, 6.45) is 2.14. The Hall–Kier alpha value is -1.59. The lowest BCUT2D eigenvalue weighted by Crippen LogP contribution is -2.40. The minimum absolute atomic E-state index is 0.0820. The third-order valence-electron chi connectivity index (χ3n) is 3.43. The lowest BCUT2D eigenvalue weighted by atomic mass is 10.1. The Bertz CT molecular complexity index is 411. The van der Waals surface area contributed by atoms with Crippen molar-refractivity contribution in [1.82, 2.24) is 4.90 Å². The van der Waals surface area contributed by atoms with Crippen molar-refractivity contribution < 1.29 is 9.53 Å². The number of likely N-dealkylation sites (tertiary alicyclic amines) is 1. The van der Waals surface area contributed by atoms with E-state index in [1.165, 1.54) is 0 Å². The van der Waals surface area contributed by atoms with Crippen molar-refractivity contribution in [2.24, 2.45) is 5.84 Å². The number of rotatable bonds is 4. The zero-order valence-corrected chi connectivity index (χ0v) is 11.3. The van der Waals surface area contributed by atoms with Crippen molar-refractivity contribution in [3.8, 4) is 0 Å². The summed E-state index contributed by atoms with van der Waals surface area (Å²) in [6, 6.07) is 7.21. The van der Waals surface area contributed by atoms with Crippen molar-refractivity contribution in [2.45, 2.75) is 25.9 Å². The third kappa shape index (κ3) is 3.45. The maximum Gasteiger partial charge on any atom is 0.253 e. The van der Waals surface area contributed by atoms with Gasteiger partial charge in [-0.05, 0) is 44.0 Å². The number of hydrogen-bond acceptors (Lipinski definition) is 4. The molecule has 0 aromatic heterocycles. The first-order valence-corrected chi connectivity index (χ1v) is 6.72. The Morgan fingerprint density at radius 1 is 1.37 bits per heavy atom. The van der Waals surface area contributed by atoms with E-state index >= 15 is 0 Å². The quantitative estimate of drug-likeness (QED) is 0.640. The molecule has 0 unspecified atom stereocenters. The van der Waals surface area contributed by atoms with Crippen LogP contribution in [0.4, 0.5) is 5.69 Å². The highest BCUT2D eigenvalue weighted by Crippen LogP contribution is 2.17. The normalized spacial score (nSPS) is 16.4. The molecule has 0 radical (unpaired) electrons. The fourth-order valence-electron chi connectivity index (χ4n) is 2.35. The van der Waals surface area contributed by atoms with Gasteiger partial charge in [-0.1, -0.05) is 0 Å². The molecular formula is C14H21N3O2. The molecule has 3 N–H and O–H groups in total. The molecular weight excluding hydrogens is 242 g/mol. The molecule has 0 bridgehead atoms.